The topological polar surface area (TPSA) is 59.1 Å². The minimum atomic E-state index is -0.0842. The van der Waals surface area contributed by atoms with Crippen molar-refractivity contribution in [2.24, 2.45) is 0 Å². The Balaban J connectivity index is 1.31. The molecule has 5 heteroatoms. The summed E-state index contributed by atoms with van der Waals surface area (Å²) in [4.78, 5) is 29.0. The van der Waals surface area contributed by atoms with Crippen molar-refractivity contribution in [3.63, 3.8) is 0 Å². The number of Topliss-reactive ketones (excluding diaryl/α,β-unsaturated/α-hetero) is 1. The quantitative estimate of drug-likeness (QED) is 0.363. The van der Waals surface area contributed by atoms with Gasteiger partial charge in [-0.3, -0.25) is 9.59 Å². The lowest BCUT2D eigenvalue weighted by Crippen LogP contribution is -2.12. The van der Waals surface area contributed by atoms with Gasteiger partial charge in [0.05, 0.1) is 10.2 Å². The highest BCUT2D eigenvalue weighted by Gasteiger charge is 2.09. The van der Waals surface area contributed by atoms with E-state index in [0.717, 1.165) is 21.8 Å². The molecule has 0 aliphatic rings. The molecule has 0 unspecified atom stereocenters. The van der Waals surface area contributed by atoms with Crippen molar-refractivity contribution >= 4 is 38.9 Å². The van der Waals surface area contributed by atoms with Crippen molar-refractivity contribution in [3.05, 3.63) is 83.9 Å². The van der Waals surface area contributed by atoms with Gasteiger partial charge < -0.3 is 5.32 Å². The number of nitrogens with zero attached hydrogens (tertiary/aromatic N) is 1. The fourth-order valence-electron chi connectivity index (χ4n) is 3.25. The third-order valence-corrected chi connectivity index (χ3v) is 5.93. The van der Waals surface area contributed by atoms with Gasteiger partial charge in [0.25, 0.3) is 0 Å². The highest BCUT2D eigenvalue weighted by molar-refractivity contribution is 7.21. The van der Waals surface area contributed by atoms with Crippen molar-refractivity contribution in [3.8, 4) is 10.6 Å². The van der Waals surface area contributed by atoms with Gasteiger partial charge in [0.2, 0.25) is 5.91 Å². The van der Waals surface area contributed by atoms with E-state index in [1.165, 1.54) is 10.3 Å². The van der Waals surface area contributed by atoms with E-state index >= 15 is 0 Å². The highest BCUT2D eigenvalue weighted by Crippen LogP contribution is 2.31. The second kappa shape index (κ2) is 9.01. The molecule has 0 bridgehead atoms. The molecule has 0 aliphatic carbocycles. The number of ketones is 1. The summed E-state index contributed by atoms with van der Waals surface area (Å²) in [6.45, 7) is 2.08. The molecule has 0 radical (unpaired) electrons. The Kier molecular flexibility index (Phi) is 6.00. The number of aryl methyl sites for hydroxylation is 1. The van der Waals surface area contributed by atoms with E-state index in [4.69, 9.17) is 4.98 Å². The van der Waals surface area contributed by atoms with E-state index in [-0.39, 0.29) is 11.7 Å². The van der Waals surface area contributed by atoms with E-state index in [1.807, 2.05) is 48.5 Å². The van der Waals surface area contributed by atoms with Gasteiger partial charge in [-0.1, -0.05) is 36.4 Å². The van der Waals surface area contributed by atoms with Crippen LogP contribution in [0.25, 0.3) is 20.8 Å². The molecule has 4 rings (SSSR count). The normalized spacial score (nSPS) is 10.8. The number of benzene rings is 3. The van der Waals surface area contributed by atoms with Crippen molar-refractivity contribution < 1.29 is 9.59 Å². The number of aromatic nitrogens is 1. The molecule has 1 aromatic heterocycles. The minimum Gasteiger partial charge on any atom is -0.326 e. The number of thiazole rings is 1. The Morgan fingerprint density at radius 1 is 0.933 bits per heavy atom. The van der Waals surface area contributed by atoms with Crippen LogP contribution in [0, 0.1) is 6.92 Å². The molecule has 30 heavy (non-hydrogen) atoms. The van der Waals surface area contributed by atoms with Gasteiger partial charge in [-0.15, -0.1) is 11.3 Å². The molecule has 0 fully saturated rings. The summed E-state index contributed by atoms with van der Waals surface area (Å²) >= 11 is 1.67. The number of amides is 1. The second-order valence-electron chi connectivity index (χ2n) is 7.26. The largest absolute Gasteiger partial charge is 0.326 e. The zero-order chi connectivity index (χ0) is 20.9. The lowest BCUT2D eigenvalue weighted by molar-refractivity contribution is -0.116. The van der Waals surface area contributed by atoms with E-state index in [2.05, 4.69) is 24.4 Å². The van der Waals surface area contributed by atoms with E-state index < -0.39 is 0 Å². The maximum absolute atomic E-state index is 12.2. The second-order valence-corrected chi connectivity index (χ2v) is 8.29. The standard InChI is InChI=1S/C25H22N2O2S/c1-17-10-15-21-23(16-17)30-25(27-21)19-11-13-20(14-12-19)26-24(29)9-5-8-22(28)18-6-3-2-4-7-18/h2-4,6-7,10-16H,5,8-9H2,1H3,(H,26,29). The third kappa shape index (κ3) is 4.81. The maximum Gasteiger partial charge on any atom is 0.224 e. The van der Waals surface area contributed by atoms with Gasteiger partial charge in [0.15, 0.2) is 5.78 Å². The molecule has 1 N–H and O–H groups in total. The Morgan fingerprint density at radius 3 is 2.47 bits per heavy atom. The predicted octanol–water partition coefficient (Wildman–Crippen LogP) is 6.26. The maximum atomic E-state index is 12.2. The minimum absolute atomic E-state index is 0.0683. The Hall–Kier alpha value is -3.31. The number of carbonyl (C=O) groups is 2. The number of hydrogen-bond donors (Lipinski definition) is 1. The fourth-order valence-corrected chi connectivity index (χ4v) is 4.32. The summed E-state index contributed by atoms with van der Waals surface area (Å²) in [6.07, 6.45) is 1.22. The Bertz CT molecular complexity index is 1180. The first-order chi connectivity index (χ1) is 14.6. The molecular weight excluding hydrogens is 392 g/mol. The smallest absolute Gasteiger partial charge is 0.224 e. The van der Waals surface area contributed by atoms with Crippen LogP contribution in [0.15, 0.2) is 72.8 Å². The predicted molar refractivity (Wildman–Crippen MR) is 123 cm³/mol. The van der Waals surface area contributed by atoms with Crippen molar-refractivity contribution in [1.82, 2.24) is 4.98 Å². The van der Waals surface area contributed by atoms with Crippen LogP contribution < -0.4 is 5.32 Å². The van der Waals surface area contributed by atoms with E-state index in [1.54, 1.807) is 23.5 Å². The van der Waals surface area contributed by atoms with Crippen LogP contribution in [0.5, 0.6) is 0 Å². The molecule has 0 saturated carbocycles. The molecule has 0 saturated heterocycles. The van der Waals surface area contributed by atoms with Gasteiger partial charge in [0, 0.05) is 29.7 Å². The number of hydrogen-bond acceptors (Lipinski definition) is 4. The summed E-state index contributed by atoms with van der Waals surface area (Å²) in [6, 6.07) is 23.2. The molecule has 0 spiro atoms. The summed E-state index contributed by atoms with van der Waals surface area (Å²) in [5.41, 5.74) is 4.69. The lowest BCUT2D eigenvalue weighted by Gasteiger charge is -2.06. The fraction of sp³-hybridized carbons (Fsp3) is 0.160. The number of fused-ring (bicyclic) bond motifs is 1. The van der Waals surface area contributed by atoms with Crippen LogP contribution in [0.4, 0.5) is 5.69 Å². The van der Waals surface area contributed by atoms with Gasteiger partial charge in [-0.05, 0) is 55.3 Å². The zero-order valence-corrected chi connectivity index (χ0v) is 17.5. The molecular formula is C25H22N2O2S. The van der Waals surface area contributed by atoms with Gasteiger partial charge in [0.1, 0.15) is 5.01 Å². The average Bonchev–Trinajstić information content (AvgIpc) is 3.18. The first kappa shape index (κ1) is 20.0. The van der Waals surface area contributed by atoms with Crippen LogP contribution in [-0.4, -0.2) is 16.7 Å². The lowest BCUT2D eigenvalue weighted by atomic mass is 10.1. The first-order valence-electron chi connectivity index (χ1n) is 9.94. The Labute approximate surface area is 179 Å². The SMILES string of the molecule is Cc1ccc2nc(-c3ccc(NC(=O)CCCC(=O)c4ccccc4)cc3)sc2c1. The number of rotatable bonds is 7. The van der Waals surface area contributed by atoms with Crippen molar-refractivity contribution in [2.75, 3.05) is 5.32 Å². The summed E-state index contributed by atoms with van der Waals surface area (Å²) < 4.78 is 1.17. The highest BCUT2D eigenvalue weighted by atomic mass is 32.1. The summed E-state index contributed by atoms with van der Waals surface area (Å²) in [5, 5.41) is 3.87. The molecule has 150 valence electrons. The van der Waals surface area contributed by atoms with Gasteiger partial charge >= 0.3 is 0 Å². The molecule has 4 aromatic rings. The number of anilines is 1. The summed E-state index contributed by atoms with van der Waals surface area (Å²) in [5.74, 6) is -0.0159. The Morgan fingerprint density at radius 2 is 1.70 bits per heavy atom. The van der Waals surface area contributed by atoms with Crippen LogP contribution in [0.3, 0.4) is 0 Å². The van der Waals surface area contributed by atoms with Crippen molar-refractivity contribution in [2.45, 2.75) is 26.2 Å². The number of carbonyl (C=O) groups excluding carboxylic acids is 2. The molecule has 4 nitrogen and oxygen atoms in total. The van der Waals surface area contributed by atoms with E-state index in [0.29, 0.717) is 24.8 Å². The molecule has 1 heterocycles. The first-order valence-corrected chi connectivity index (χ1v) is 10.8. The van der Waals surface area contributed by atoms with Crippen LogP contribution in [0.1, 0.15) is 35.2 Å². The molecule has 0 atom stereocenters. The molecule has 1 amide bonds. The van der Waals surface area contributed by atoms with Crippen LogP contribution in [-0.2, 0) is 4.79 Å². The molecule has 0 aliphatic heterocycles. The van der Waals surface area contributed by atoms with Gasteiger partial charge in [-0.25, -0.2) is 4.98 Å². The number of nitrogens with one attached hydrogen (secondary N) is 1. The third-order valence-electron chi connectivity index (χ3n) is 4.86. The van der Waals surface area contributed by atoms with Crippen LogP contribution in [0.2, 0.25) is 0 Å². The van der Waals surface area contributed by atoms with Crippen LogP contribution >= 0.6 is 11.3 Å². The zero-order valence-electron chi connectivity index (χ0n) is 16.7. The average molecular weight is 415 g/mol. The van der Waals surface area contributed by atoms with Crippen molar-refractivity contribution in [1.29, 1.82) is 0 Å². The van der Waals surface area contributed by atoms with Gasteiger partial charge in [-0.2, -0.15) is 0 Å². The summed E-state index contributed by atoms with van der Waals surface area (Å²) in [7, 11) is 0. The monoisotopic (exact) mass is 414 g/mol. The van der Waals surface area contributed by atoms with E-state index in [9.17, 15) is 9.59 Å². The molecule has 3 aromatic carbocycles.